The van der Waals surface area contributed by atoms with Gasteiger partial charge in [-0.1, -0.05) is 11.6 Å². The Kier molecular flexibility index (Phi) is 3.52. The highest BCUT2D eigenvalue weighted by Crippen LogP contribution is 2.29. The zero-order valence-electron chi connectivity index (χ0n) is 11.4. The van der Waals surface area contributed by atoms with E-state index in [9.17, 15) is 0 Å². The van der Waals surface area contributed by atoms with E-state index in [4.69, 9.17) is 0 Å². The first-order chi connectivity index (χ1) is 7.97. The molecule has 0 spiro atoms. The lowest BCUT2D eigenvalue weighted by Gasteiger charge is -2.31. The molecule has 1 fully saturated rings. The molecule has 1 aliphatic carbocycles. The maximum atomic E-state index is 4.21. The van der Waals surface area contributed by atoms with Crippen LogP contribution in [0.5, 0.6) is 0 Å². The zero-order chi connectivity index (χ0) is 12.5. The van der Waals surface area contributed by atoms with Gasteiger partial charge in [-0.15, -0.1) is 5.10 Å². The first-order valence-corrected chi connectivity index (χ1v) is 6.62. The minimum Gasteiger partial charge on any atom is -0.308 e. The SMILES string of the molecule is CC(NCc1cn(C(C)(C)C)nn1)C1CCC1. The Morgan fingerprint density at radius 3 is 2.65 bits per heavy atom. The molecule has 0 saturated heterocycles. The lowest BCUT2D eigenvalue weighted by molar-refractivity contribution is 0.239. The van der Waals surface area contributed by atoms with E-state index in [1.54, 1.807) is 0 Å². The Balaban J connectivity index is 1.84. The molecule has 1 saturated carbocycles. The van der Waals surface area contributed by atoms with Crippen molar-refractivity contribution in [2.45, 2.75) is 65.1 Å². The van der Waals surface area contributed by atoms with Crippen LogP contribution in [0, 0.1) is 5.92 Å². The van der Waals surface area contributed by atoms with Crippen LogP contribution in [0.15, 0.2) is 6.20 Å². The van der Waals surface area contributed by atoms with E-state index in [1.165, 1.54) is 19.3 Å². The average molecular weight is 236 g/mol. The van der Waals surface area contributed by atoms with Gasteiger partial charge < -0.3 is 5.32 Å². The third-order valence-corrected chi connectivity index (χ3v) is 3.69. The quantitative estimate of drug-likeness (QED) is 0.872. The van der Waals surface area contributed by atoms with Crippen molar-refractivity contribution in [1.82, 2.24) is 20.3 Å². The second-order valence-electron chi connectivity index (χ2n) is 6.19. The molecule has 1 unspecified atom stereocenters. The second kappa shape index (κ2) is 4.77. The summed E-state index contributed by atoms with van der Waals surface area (Å²) in [6.45, 7) is 9.51. The Bertz CT molecular complexity index is 360. The predicted octanol–water partition coefficient (Wildman–Crippen LogP) is 2.31. The minimum absolute atomic E-state index is 0.0187. The first-order valence-electron chi connectivity index (χ1n) is 6.62. The normalized spacial score (nSPS) is 19.1. The molecule has 0 bridgehead atoms. The van der Waals surface area contributed by atoms with Crippen LogP contribution in [0.3, 0.4) is 0 Å². The zero-order valence-corrected chi connectivity index (χ0v) is 11.4. The summed E-state index contributed by atoms with van der Waals surface area (Å²) in [6, 6.07) is 0.600. The lowest BCUT2D eigenvalue weighted by atomic mass is 9.80. The maximum absolute atomic E-state index is 4.21. The van der Waals surface area contributed by atoms with E-state index in [0.717, 1.165) is 18.2 Å². The van der Waals surface area contributed by atoms with Gasteiger partial charge in [-0.25, -0.2) is 4.68 Å². The molecule has 1 atom stereocenters. The molecule has 1 aliphatic rings. The van der Waals surface area contributed by atoms with Crippen molar-refractivity contribution in [3.05, 3.63) is 11.9 Å². The van der Waals surface area contributed by atoms with E-state index in [1.807, 2.05) is 10.9 Å². The van der Waals surface area contributed by atoms with Gasteiger partial charge in [-0.2, -0.15) is 0 Å². The smallest absolute Gasteiger partial charge is 0.0965 e. The molecule has 1 aromatic heterocycles. The number of rotatable bonds is 4. The predicted molar refractivity (Wildman–Crippen MR) is 68.7 cm³/mol. The highest BCUT2D eigenvalue weighted by molar-refractivity contribution is 4.95. The van der Waals surface area contributed by atoms with Gasteiger partial charge in [0.05, 0.1) is 17.4 Å². The standard InChI is InChI=1S/C13H24N4/c1-10(11-6-5-7-11)14-8-12-9-17(16-15-12)13(2,3)4/h9-11,14H,5-8H2,1-4H3. The monoisotopic (exact) mass is 236 g/mol. The second-order valence-corrected chi connectivity index (χ2v) is 6.19. The number of hydrogen-bond donors (Lipinski definition) is 1. The topological polar surface area (TPSA) is 42.7 Å². The van der Waals surface area contributed by atoms with Gasteiger partial charge in [-0.3, -0.25) is 0 Å². The summed E-state index contributed by atoms with van der Waals surface area (Å²) in [6.07, 6.45) is 6.20. The van der Waals surface area contributed by atoms with Crippen molar-refractivity contribution in [2.75, 3.05) is 0 Å². The Hall–Kier alpha value is -0.900. The molecule has 2 rings (SSSR count). The van der Waals surface area contributed by atoms with Gasteiger partial charge in [0, 0.05) is 12.6 Å². The molecule has 1 N–H and O–H groups in total. The number of hydrogen-bond acceptors (Lipinski definition) is 3. The Morgan fingerprint density at radius 1 is 1.47 bits per heavy atom. The highest BCUT2D eigenvalue weighted by atomic mass is 15.4. The van der Waals surface area contributed by atoms with Gasteiger partial charge in [0.25, 0.3) is 0 Å². The van der Waals surface area contributed by atoms with Crippen LogP contribution in [-0.2, 0) is 12.1 Å². The Labute approximate surface area is 104 Å². The summed E-state index contributed by atoms with van der Waals surface area (Å²) in [5, 5.41) is 11.9. The number of nitrogens with zero attached hydrogens (tertiary/aromatic N) is 3. The number of aromatic nitrogens is 3. The maximum Gasteiger partial charge on any atom is 0.0965 e. The minimum atomic E-state index is 0.0187. The fraction of sp³-hybridized carbons (Fsp3) is 0.846. The molecular weight excluding hydrogens is 212 g/mol. The van der Waals surface area contributed by atoms with Crippen LogP contribution in [0.1, 0.15) is 52.7 Å². The van der Waals surface area contributed by atoms with Crippen LogP contribution in [0.4, 0.5) is 0 Å². The molecule has 1 heterocycles. The summed E-state index contributed by atoms with van der Waals surface area (Å²) in [5.74, 6) is 0.868. The van der Waals surface area contributed by atoms with E-state index in [-0.39, 0.29) is 5.54 Å². The third-order valence-electron chi connectivity index (χ3n) is 3.69. The van der Waals surface area contributed by atoms with Crippen LogP contribution >= 0.6 is 0 Å². The van der Waals surface area contributed by atoms with Gasteiger partial charge in [0.2, 0.25) is 0 Å². The average Bonchev–Trinajstić information content (AvgIpc) is 2.59. The fourth-order valence-electron chi connectivity index (χ4n) is 2.08. The number of nitrogens with one attached hydrogen (secondary N) is 1. The molecule has 96 valence electrons. The Morgan fingerprint density at radius 2 is 2.18 bits per heavy atom. The summed E-state index contributed by atoms with van der Waals surface area (Å²) in [7, 11) is 0. The van der Waals surface area contributed by atoms with Gasteiger partial charge >= 0.3 is 0 Å². The van der Waals surface area contributed by atoms with Gasteiger partial charge in [0.1, 0.15) is 0 Å². The van der Waals surface area contributed by atoms with Crippen molar-refractivity contribution in [1.29, 1.82) is 0 Å². The molecule has 0 amide bonds. The molecule has 0 radical (unpaired) electrons. The molecule has 17 heavy (non-hydrogen) atoms. The molecule has 4 heteroatoms. The van der Waals surface area contributed by atoms with Crippen LogP contribution in [-0.4, -0.2) is 21.0 Å². The molecule has 0 aromatic carbocycles. The van der Waals surface area contributed by atoms with E-state index in [0.29, 0.717) is 6.04 Å². The van der Waals surface area contributed by atoms with Crippen LogP contribution in [0.25, 0.3) is 0 Å². The largest absolute Gasteiger partial charge is 0.308 e. The van der Waals surface area contributed by atoms with E-state index < -0.39 is 0 Å². The first kappa shape index (κ1) is 12.6. The molecule has 0 aliphatic heterocycles. The van der Waals surface area contributed by atoms with Gasteiger partial charge in [0.15, 0.2) is 0 Å². The van der Waals surface area contributed by atoms with Crippen molar-refractivity contribution in [3.8, 4) is 0 Å². The van der Waals surface area contributed by atoms with Crippen molar-refractivity contribution >= 4 is 0 Å². The van der Waals surface area contributed by atoms with Crippen molar-refractivity contribution < 1.29 is 0 Å². The highest BCUT2D eigenvalue weighted by Gasteiger charge is 2.23. The van der Waals surface area contributed by atoms with Crippen molar-refractivity contribution in [3.63, 3.8) is 0 Å². The summed E-state index contributed by atoms with van der Waals surface area (Å²) < 4.78 is 1.93. The van der Waals surface area contributed by atoms with Crippen LogP contribution in [0.2, 0.25) is 0 Å². The summed E-state index contributed by atoms with van der Waals surface area (Å²) >= 11 is 0. The van der Waals surface area contributed by atoms with Gasteiger partial charge in [-0.05, 0) is 46.5 Å². The molecule has 4 nitrogen and oxygen atoms in total. The van der Waals surface area contributed by atoms with Crippen molar-refractivity contribution in [2.24, 2.45) is 5.92 Å². The lowest BCUT2D eigenvalue weighted by Crippen LogP contribution is -2.36. The summed E-state index contributed by atoms with van der Waals surface area (Å²) in [5.41, 5.74) is 1.05. The van der Waals surface area contributed by atoms with Crippen LogP contribution < -0.4 is 5.32 Å². The summed E-state index contributed by atoms with van der Waals surface area (Å²) in [4.78, 5) is 0. The molecule has 1 aromatic rings. The molecular formula is C13H24N4. The third kappa shape index (κ3) is 3.06. The van der Waals surface area contributed by atoms with E-state index >= 15 is 0 Å². The fourth-order valence-corrected chi connectivity index (χ4v) is 2.08. The van der Waals surface area contributed by atoms with E-state index in [2.05, 4.69) is 43.3 Å².